The van der Waals surface area contributed by atoms with E-state index in [9.17, 15) is 4.79 Å². The highest BCUT2D eigenvalue weighted by Gasteiger charge is 2.42. The standard InChI is InChI=1S/C13H15N3O3/c1-3-14-12-15-11(17)13(2,16-12)8-4-5-9-10(6-8)19-7-18-9/h4-6H,3,7H2,1-2H3,(H2,14,15,16,17). The van der Waals surface area contributed by atoms with Crippen LogP contribution >= 0.6 is 0 Å². The van der Waals surface area contributed by atoms with Crippen molar-refractivity contribution in [3.63, 3.8) is 0 Å². The molecule has 2 heterocycles. The Balaban J connectivity index is 1.97. The number of carbonyl (C=O) groups excluding carboxylic acids is 1. The SMILES string of the molecule is CCN=C1NC(=O)C(C)(c2ccc3c(c2)OCO3)N1. The topological polar surface area (TPSA) is 72.0 Å². The van der Waals surface area contributed by atoms with Gasteiger partial charge in [0.15, 0.2) is 17.5 Å². The lowest BCUT2D eigenvalue weighted by Crippen LogP contribution is -2.40. The molecular formula is C13H15N3O3. The van der Waals surface area contributed by atoms with E-state index >= 15 is 0 Å². The van der Waals surface area contributed by atoms with Crippen molar-refractivity contribution in [2.45, 2.75) is 19.4 Å². The smallest absolute Gasteiger partial charge is 0.256 e. The van der Waals surface area contributed by atoms with E-state index in [2.05, 4.69) is 15.6 Å². The first-order valence-electron chi connectivity index (χ1n) is 6.17. The molecule has 0 aliphatic carbocycles. The Hall–Kier alpha value is -2.24. The van der Waals surface area contributed by atoms with Gasteiger partial charge in [-0.2, -0.15) is 0 Å². The third-order valence-corrected chi connectivity index (χ3v) is 3.32. The number of hydrogen-bond donors (Lipinski definition) is 2. The van der Waals surface area contributed by atoms with Crippen molar-refractivity contribution in [1.82, 2.24) is 10.6 Å². The first-order valence-corrected chi connectivity index (χ1v) is 6.17. The normalized spacial score (nSPS) is 26.4. The monoisotopic (exact) mass is 261 g/mol. The van der Waals surface area contributed by atoms with E-state index in [-0.39, 0.29) is 12.7 Å². The van der Waals surface area contributed by atoms with Gasteiger partial charge in [0, 0.05) is 6.54 Å². The maximum atomic E-state index is 12.2. The molecule has 6 heteroatoms. The van der Waals surface area contributed by atoms with Crippen LogP contribution in [0.5, 0.6) is 11.5 Å². The van der Waals surface area contributed by atoms with Gasteiger partial charge < -0.3 is 14.8 Å². The van der Waals surface area contributed by atoms with Gasteiger partial charge in [0.1, 0.15) is 5.54 Å². The highest BCUT2D eigenvalue weighted by Crippen LogP contribution is 2.36. The predicted octanol–water partition coefficient (Wildman–Crippen LogP) is 0.726. The van der Waals surface area contributed by atoms with Crippen LogP contribution in [0.4, 0.5) is 0 Å². The molecule has 0 saturated carbocycles. The molecule has 6 nitrogen and oxygen atoms in total. The molecule has 2 N–H and O–H groups in total. The minimum Gasteiger partial charge on any atom is -0.454 e. The van der Waals surface area contributed by atoms with Gasteiger partial charge in [-0.1, -0.05) is 6.07 Å². The molecule has 1 unspecified atom stereocenters. The molecule has 0 radical (unpaired) electrons. The quantitative estimate of drug-likeness (QED) is 0.823. The Bertz CT molecular complexity index is 570. The molecule has 1 aromatic carbocycles. The second-order valence-electron chi connectivity index (χ2n) is 4.60. The molecule has 100 valence electrons. The van der Waals surface area contributed by atoms with Crippen molar-refractivity contribution in [1.29, 1.82) is 0 Å². The Kier molecular flexibility index (Phi) is 2.58. The largest absolute Gasteiger partial charge is 0.454 e. The summed E-state index contributed by atoms with van der Waals surface area (Å²) in [6, 6.07) is 5.49. The minimum absolute atomic E-state index is 0.126. The van der Waals surface area contributed by atoms with Crippen LogP contribution in [0.3, 0.4) is 0 Å². The number of benzene rings is 1. The third kappa shape index (κ3) is 1.80. The number of fused-ring (bicyclic) bond motifs is 1. The average Bonchev–Trinajstić information content (AvgIpc) is 2.95. The Morgan fingerprint density at radius 2 is 2.16 bits per heavy atom. The van der Waals surface area contributed by atoms with Crippen LogP contribution in [0.25, 0.3) is 0 Å². The zero-order valence-electron chi connectivity index (χ0n) is 10.8. The fourth-order valence-electron chi connectivity index (χ4n) is 2.21. The van der Waals surface area contributed by atoms with Crippen LogP contribution in [0.1, 0.15) is 19.4 Å². The summed E-state index contributed by atoms with van der Waals surface area (Å²) in [7, 11) is 0. The lowest BCUT2D eigenvalue weighted by Gasteiger charge is -2.21. The molecular weight excluding hydrogens is 246 g/mol. The summed E-state index contributed by atoms with van der Waals surface area (Å²) in [6.45, 7) is 4.56. The number of rotatable bonds is 2. The van der Waals surface area contributed by atoms with E-state index < -0.39 is 5.54 Å². The number of hydrogen-bond acceptors (Lipinski definition) is 4. The van der Waals surface area contributed by atoms with Gasteiger partial charge in [0.2, 0.25) is 6.79 Å². The number of amides is 1. The maximum Gasteiger partial charge on any atom is 0.256 e. The number of nitrogens with zero attached hydrogens (tertiary/aromatic N) is 1. The van der Waals surface area contributed by atoms with Crippen molar-refractivity contribution in [3.8, 4) is 11.5 Å². The predicted molar refractivity (Wildman–Crippen MR) is 69.2 cm³/mol. The molecule has 1 aromatic rings. The Morgan fingerprint density at radius 1 is 1.37 bits per heavy atom. The highest BCUT2D eigenvalue weighted by atomic mass is 16.7. The van der Waals surface area contributed by atoms with E-state index in [1.165, 1.54) is 0 Å². The van der Waals surface area contributed by atoms with E-state index in [0.29, 0.717) is 24.0 Å². The summed E-state index contributed by atoms with van der Waals surface area (Å²) in [5.41, 5.74) is -0.0230. The molecule has 0 bridgehead atoms. The lowest BCUT2D eigenvalue weighted by molar-refractivity contribution is -0.123. The molecule has 1 atom stereocenters. The number of nitrogens with one attached hydrogen (secondary N) is 2. The molecule has 1 fully saturated rings. The van der Waals surface area contributed by atoms with Gasteiger partial charge in [-0.05, 0) is 31.5 Å². The van der Waals surface area contributed by atoms with Crippen molar-refractivity contribution < 1.29 is 14.3 Å². The van der Waals surface area contributed by atoms with Crippen LogP contribution in [0, 0.1) is 0 Å². The highest BCUT2D eigenvalue weighted by molar-refractivity contribution is 6.09. The Labute approximate surface area is 110 Å². The first-order chi connectivity index (χ1) is 9.13. The maximum absolute atomic E-state index is 12.2. The second kappa shape index (κ2) is 4.15. The van der Waals surface area contributed by atoms with Crippen LogP contribution in [0.15, 0.2) is 23.2 Å². The molecule has 2 aliphatic heterocycles. The third-order valence-electron chi connectivity index (χ3n) is 3.32. The molecule has 0 spiro atoms. The fraction of sp³-hybridized carbons (Fsp3) is 0.385. The van der Waals surface area contributed by atoms with Crippen LogP contribution < -0.4 is 20.1 Å². The number of carbonyl (C=O) groups is 1. The van der Waals surface area contributed by atoms with E-state index in [1.807, 2.05) is 32.0 Å². The van der Waals surface area contributed by atoms with Crippen LogP contribution in [0.2, 0.25) is 0 Å². The summed E-state index contributed by atoms with van der Waals surface area (Å²) in [4.78, 5) is 16.3. The molecule has 3 rings (SSSR count). The van der Waals surface area contributed by atoms with Gasteiger partial charge in [-0.15, -0.1) is 0 Å². The molecule has 1 saturated heterocycles. The van der Waals surface area contributed by atoms with Gasteiger partial charge in [-0.3, -0.25) is 15.1 Å². The summed E-state index contributed by atoms with van der Waals surface area (Å²) in [5, 5.41) is 5.86. The van der Waals surface area contributed by atoms with Gasteiger partial charge >= 0.3 is 0 Å². The first kappa shape index (κ1) is 11.8. The summed E-state index contributed by atoms with van der Waals surface area (Å²) >= 11 is 0. The molecule has 0 aromatic heterocycles. The summed E-state index contributed by atoms with van der Waals surface area (Å²) < 4.78 is 10.6. The molecule has 2 aliphatic rings. The van der Waals surface area contributed by atoms with Crippen molar-refractivity contribution >= 4 is 11.9 Å². The van der Waals surface area contributed by atoms with Crippen LogP contribution in [-0.2, 0) is 10.3 Å². The average molecular weight is 261 g/mol. The number of guanidine groups is 1. The van der Waals surface area contributed by atoms with E-state index in [1.54, 1.807) is 0 Å². The van der Waals surface area contributed by atoms with Crippen LogP contribution in [-0.4, -0.2) is 25.2 Å². The number of aliphatic imine (C=N–C) groups is 1. The van der Waals surface area contributed by atoms with E-state index in [4.69, 9.17) is 9.47 Å². The Morgan fingerprint density at radius 3 is 2.95 bits per heavy atom. The summed E-state index contributed by atoms with van der Waals surface area (Å²) in [5.74, 6) is 1.74. The molecule has 19 heavy (non-hydrogen) atoms. The fourth-order valence-corrected chi connectivity index (χ4v) is 2.21. The second-order valence-corrected chi connectivity index (χ2v) is 4.60. The lowest BCUT2D eigenvalue weighted by atomic mass is 9.92. The van der Waals surface area contributed by atoms with Crippen molar-refractivity contribution in [2.75, 3.05) is 13.3 Å². The molecule has 1 amide bonds. The van der Waals surface area contributed by atoms with E-state index in [0.717, 1.165) is 5.56 Å². The zero-order valence-corrected chi connectivity index (χ0v) is 10.8. The van der Waals surface area contributed by atoms with Gasteiger partial charge in [0.25, 0.3) is 5.91 Å². The van der Waals surface area contributed by atoms with Gasteiger partial charge in [-0.25, -0.2) is 0 Å². The van der Waals surface area contributed by atoms with Crippen molar-refractivity contribution in [3.05, 3.63) is 23.8 Å². The zero-order chi connectivity index (χ0) is 13.5. The van der Waals surface area contributed by atoms with Crippen molar-refractivity contribution in [2.24, 2.45) is 4.99 Å². The summed E-state index contributed by atoms with van der Waals surface area (Å²) in [6.07, 6.45) is 0. The minimum atomic E-state index is -0.838. The number of ether oxygens (including phenoxy) is 2. The van der Waals surface area contributed by atoms with Gasteiger partial charge in [0.05, 0.1) is 0 Å².